The average molecular weight is 177 g/mol. The first-order valence-electron chi connectivity index (χ1n) is 4.19. The summed E-state index contributed by atoms with van der Waals surface area (Å²) in [6.45, 7) is 0. The Kier molecular flexibility index (Phi) is 1.85. The van der Waals surface area contributed by atoms with E-state index in [-0.39, 0.29) is 0 Å². The number of rotatable bonds is 1. The van der Waals surface area contributed by atoms with Crippen molar-refractivity contribution < 1.29 is 0 Å². The zero-order valence-electron chi connectivity index (χ0n) is 6.84. The standard InChI is InChI=1S/C10H11NS/c11-10(12)9-5-4-7-2-1-3-8(7)6-9/h4-6H,1-3H2,(H2,11,12). The van der Waals surface area contributed by atoms with Gasteiger partial charge in [-0.05, 0) is 36.5 Å². The fourth-order valence-electron chi connectivity index (χ4n) is 1.73. The van der Waals surface area contributed by atoms with E-state index in [2.05, 4.69) is 12.1 Å². The Morgan fingerprint density at radius 3 is 2.75 bits per heavy atom. The van der Waals surface area contributed by atoms with Gasteiger partial charge in [-0.15, -0.1) is 0 Å². The van der Waals surface area contributed by atoms with Gasteiger partial charge in [0.1, 0.15) is 4.99 Å². The third-order valence-corrected chi connectivity index (χ3v) is 2.62. The Morgan fingerprint density at radius 1 is 1.25 bits per heavy atom. The number of benzene rings is 1. The van der Waals surface area contributed by atoms with Gasteiger partial charge in [-0.3, -0.25) is 0 Å². The minimum Gasteiger partial charge on any atom is -0.389 e. The van der Waals surface area contributed by atoms with Crippen molar-refractivity contribution in [3.8, 4) is 0 Å². The second kappa shape index (κ2) is 2.87. The highest BCUT2D eigenvalue weighted by molar-refractivity contribution is 7.80. The highest BCUT2D eigenvalue weighted by Gasteiger charge is 2.10. The topological polar surface area (TPSA) is 26.0 Å². The maximum atomic E-state index is 5.54. The van der Waals surface area contributed by atoms with Crippen LogP contribution in [-0.2, 0) is 12.8 Å². The third-order valence-electron chi connectivity index (χ3n) is 2.38. The van der Waals surface area contributed by atoms with Crippen LogP contribution in [0, 0.1) is 0 Å². The second-order valence-corrected chi connectivity index (χ2v) is 3.64. The molecule has 2 heteroatoms. The van der Waals surface area contributed by atoms with Crippen LogP contribution in [0.2, 0.25) is 0 Å². The van der Waals surface area contributed by atoms with Crippen LogP contribution in [0.4, 0.5) is 0 Å². The van der Waals surface area contributed by atoms with Crippen LogP contribution in [0.5, 0.6) is 0 Å². The van der Waals surface area contributed by atoms with Gasteiger partial charge in [0.05, 0.1) is 0 Å². The molecule has 1 aromatic carbocycles. The number of fused-ring (bicyclic) bond motifs is 1. The summed E-state index contributed by atoms with van der Waals surface area (Å²) in [5.74, 6) is 0. The van der Waals surface area contributed by atoms with Crippen molar-refractivity contribution >= 4 is 17.2 Å². The summed E-state index contributed by atoms with van der Waals surface area (Å²) in [5, 5.41) is 0. The highest BCUT2D eigenvalue weighted by Crippen LogP contribution is 2.22. The Morgan fingerprint density at radius 2 is 2.00 bits per heavy atom. The normalized spacial score (nSPS) is 14.3. The van der Waals surface area contributed by atoms with Gasteiger partial charge in [0.15, 0.2) is 0 Å². The van der Waals surface area contributed by atoms with Crippen molar-refractivity contribution in [2.75, 3.05) is 0 Å². The predicted molar refractivity (Wildman–Crippen MR) is 54.4 cm³/mol. The lowest BCUT2D eigenvalue weighted by Gasteiger charge is -2.01. The molecule has 0 aromatic heterocycles. The number of thiocarbonyl (C=S) groups is 1. The Balaban J connectivity index is 2.45. The van der Waals surface area contributed by atoms with E-state index in [0.29, 0.717) is 4.99 Å². The number of hydrogen-bond acceptors (Lipinski definition) is 1. The smallest absolute Gasteiger partial charge is 0.103 e. The molecule has 2 rings (SSSR count). The molecule has 0 aliphatic heterocycles. The van der Waals surface area contributed by atoms with E-state index in [1.54, 1.807) is 0 Å². The van der Waals surface area contributed by atoms with E-state index in [4.69, 9.17) is 18.0 Å². The molecule has 0 bridgehead atoms. The molecule has 0 atom stereocenters. The fraction of sp³-hybridized carbons (Fsp3) is 0.300. The quantitative estimate of drug-likeness (QED) is 0.662. The Bertz CT molecular complexity index is 331. The first kappa shape index (κ1) is 7.74. The summed E-state index contributed by atoms with van der Waals surface area (Å²) in [6.07, 6.45) is 3.68. The van der Waals surface area contributed by atoms with Gasteiger partial charge < -0.3 is 5.73 Å². The van der Waals surface area contributed by atoms with Gasteiger partial charge in [0, 0.05) is 5.56 Å². The van der Waals surface area contributed by atoms with E-state index in [9.17, 15) is 0 Å². The largest absolute Gasteiger partial charge is 0.389 e. The second-order valence-electron chi connectivity index (χ2n) is 3.20. The van der Waals surface area contributed by atoms with Crippen LogP contribution in [0.3, 0.4) is 0 Å². The van der Waals surface area contributed by atoms with Gasteiger partial charge in [-0.2, -0.15) is 0 Å². The van der Waals surface area contributed by atoms with E-state index in [0.717, 1.165) is 5.56 Å². The van der Waals surface area contributed by atoms with Gasteiger partial charge in [-0.25, -0.2) is 0 Å². The molecule has 1 nitrogen and oxygen atoms in total. The summed E-state index contributed by atoms with van der Waals surface area (Å²) in [7, 11) is 0. The fourth-order valence-corrected chi connectivity index (χ4v) is 1.85. The van der Waals surface area contributed by atoms with Crippen LogP contribution in [0.15, 0.2) is 18.2 Å². The molecule has 0 heterocycles. The minimum absolute atomic E-state index is 0.504. The van der Waals surface area contributed by atoms with Crippen molar-refractivity contribution in [2.45, 2.75) is 19.3 Å². The molecule has 0 fully saturated rings. The van der Waals surface area contributed by atoms with Gasteiger partial charge in [-0.1, -0.05) is 24.4 Å². The van der Waals surface area contributed by atoms with Crippen molar-refractivity contribution in [2.24, 2.45) is 5.73 Å². The molecule has 0 unspecified atom stereocenters. The molecule has 0 spiro atoms. The van der Waals surface area contributed by atoms with Crippen LogP contribution in [0.25, 0.3) is 0 Å². The lowest BCUT2D eigenvalue weighted by Crippen LogP contribution is -2.09. The Hall–Kier alpha value is -0.890. The molecule has 0 saturated heterocycles. The summed E-state index contributed by atoms with van der Waals surface area (Å²) in [6, 6.07) is 6.30. The van der Waals surface area contributed by atoms with Crippen LogP contribution >= 0.6 is 12.2 Å². The number of hydrogen-bond donors (Lipinski definition) is 1. The van der Waals surface area contributed by atoms with E-state index in [1.807, 2.05) is 6.07 Å². The summed E-state index contributed by atoms with van der Waals surface area (Å²) in [4.78, 5) is 0.504. The number of aryl methyl sites for hydroxylation is 2. The van der Waals surface area contributed by atoms with Crippen LogP contribution in [-0.4, -0.2) is 4.99 Å². The predicted octanol–water partition coefficient (Wildman–Crippen LogP) is 1.81. The van der Waals surface area contributed by atoms with Gasteiger partial charge in [0.25, 0.3) is 0 Å². The molecule has 0 amide bonds. The lowest BCUT2D eigenvalue weighted by molar-refractivity contribution is 0.912. The van der Waals surface area contributed by atoms with Crippen LogP contribution < -0.4 is 5.73 Å². The van der Waals surface area contributed by atoms with E-state index >= 15 is 0 Å². The van der Waals surface area contributed by atoms with Gasteiger partial charge in [0.2, 0.25) is 0 Å². The van der Waals surface area contributed by atoms with Crippen molar-refractivity contribution in [1.82, 2.24) is 0 Å². The van der Waals surface area contributed by atoms with E-state index < -0.39 is 0 Å². The third kappa shape index (κ3) is 1.23. The van der Waals surface area contributed by atoms with Gasteiger partial charge >= 0.3 is 0 Å². The molecule has 1 aromatic rings. The highest BCUT2D eigenvalue weighted by atomic mass is 32.1. The molecule has 0 radical (unpaired) electrons. The first-order chi connectivity index (χ1) is 5.77. The Labute approximate surface area is 77.6 Å². The monoisotopic (exact) mass is 177 g/mol. The summed E-state index contributed by atoms with van der Waals surface area (Å²) in [5.41, 5.74) is 9.44. The average Bonchev–Trinajstić information content (AvgIpc) is 2.49. The van der Waals surface area contributed by atoms with Crippen LogP contribution in [0.1, 0.15) is 23.1 Å². The molecular formula is C10H11NS. The maximum Gasteiger partial charge on any atom is 0.103 e. The summed E-state index contributed by atoms with van der Waals surface area (Å²) >= 11 is 4.91. The zero-order valence-corrected chi connectivity index (χ0v) is 7.66. The minimum atomic E-state index is 0.504. The molecule has 62 valence electrons. The number of nitrogens with two attached hydrogens (primary N) is 1. The molecule has 12 heavy (non-hydrogen) atoms. The molecular weight excluding hydrogens is 166 g/mol. The molecule has 2 N–H and O–H groups in total. The molecule has 1 aliphatic carbocycles. The van der Waals surface area contributed by atoms with Crippen molar-refractivity contribution in [3.63, 3.8) is 0 Å². The zero-order chi connectivity index (χ0) is 8.55. The van der Waals surface area contributed by atoms with Crippen molar-refractivity contribution in [3.05, 3.63) is 34.9 Å². The molecule has 0 saturated carbocycles. The summed E-state index contributed by atoms with van der Waals surface area (Å²) < 4.78 is 0. The first-order valence-corrected chi connectivity index (χ1v) is 4.60. The van der Waals surface area contributed by atoms with Crippen molar-refractivity contribution in [1.29, 1.82) is 0 Å². The lowest BCUT2D eigenvalue weighted by atomic mass is 10.1. The maximum absolute atomic E-state index is 5.54. The molecule has 1 aliphatic rings. The SMILES string of the molecule is NC(=S)c1ccc2c(c1)CCC2. The van der Waals surface area contributed by atoms with E-state index in [1.165, 1.54) is 30.4 Å².